The van der Waals surface area contributed by atoms with Gasteiger partial charge < -0.3 is 18.9 Å². The summed E-state index contributed by atoms with van der Waals surface area (Å²) >= 11 is 1.37. The number of fused-ring (bicyclic) bond motifs is 3. The molecule has 1 amide bonds. The zero-order chi connectivity index (χ0) is 17.5. The minimum absolute atomic E-state index is 0.156. The molecule has 0 radical (unpaired) electrons. The van der Waals surface area contributed by atoms with Gasteiger partial charge in [-0.3, -0.25) is 10.1 Å². The molecule has 26 heavy (non-hydrogen) atoms. The van der Waals surface area contributed by atoms with Crippen LogP contribution in [0.25, 0.3) is 10.2 Å². The number of hydrogen-bond acceptors (Lipinski definition) is 7. The Bertz CT molecular complexity index is 959. The summed E-state index contributed by atoms with van der Waals surface area (Å²) in [6, 6.07) is 11.0. The van der Waals surface area contributed by atoms with Gasteiger partial charge in [0.2, 0.25) is 6.10 Å². The highest BCUT2D eigenvalue weighted by Gasteiger charge is 2.28. The summed E-state index contributed by atoms with van der Waals surface area (Å²) in [6.07, 6.45) is -0.725. The van der Waals surface area contributed by atoms with E-state index >= 15 is 0 Å². The predicted molar refractivity (Wildman–Crippen MR) is 95.6 cm³/mol. The van der Waals surface area contributed by atoms with Crippen molar-refractivity contribution in [1.29, 1.82) is 0 Å². The molecule has 3 aromatic rings. The van der Waals surface area contributed by atoms with E-state index in [-0.39, 0.29) is 12.5 Å². The molecule has 0 spiro atoms. The number of nitrogens with one attached hydrogen (secondary N) is 1. The van der Waals surface area contributed by atoms with Crippen LogP contribution >= 0.6 is 11.3 Å². The predicted octanol–water partition coefficient (Wildman–Crippen LogP) is 2.85. The lowest BCUT2D eigenvalue weighted by Crippen LogP contribution is -2.40. The van der Waals surface area contributed by atoms with Gasteiger partial charge in [0.15, 0.2) is 28.1 Å². The zero-order valence-corrected chi connectivity index (χ0v) is 14.4. The first-order valence-corrected chi connectivity index (χ1v) is 8.97. The van der Waals surface area contributed by atoms with E-state index in [2.05, 4.69) is 10.3 Å². The molecule has 3 heterocycles. The van der Waals surface area contributed by atoms with E-state index in [1.807, 2.05) is 30.3 Å². The van der Waals surface area contributed by atoms with Crippen molar-refractivity contribution in [1.82, 2.24) is 4.98 Å². The lowest BCUT2D eigenvalue weighted by Gasteiger charge is -2.25. The quantitative estimate of drug-likeness (QED) is 0.747. The first kappa shape index (κ1) is 15.3. The van der Waals surface area contributed by atoms with Crippen LogP contribution in [0.15, 0.2) is 36.4 Å². The van der Waals surface area contributed by atoms with Gasteiger partial charge in [-0.2, -0.15) is 0 Å². The monoisotopic (exact) mass is 370 g/mol. The van der Waals surface area contributed by atoms with Gasteiger partial charge in [-0.05, 0) is 12.1 Å². The third-order valence-electron chi connectivity index (χ3n) is 4.08. The summed E-state index contributed by atoms with van der Waals surface area (Å²) in [5, 5.41) is 3.30. The van der Waals surface area contributed by atoms with E-state index in [0.717, 1.165) is 10.2 Å². The molecule has 2 aromatic carbocycles. The van der Waals surface area contributed by atoms with Crippen molar-refractivity contribution in [2.24, 2.45) is 0 Å². The van der Waals surface area contributed by atoms with Crippen LogP contribution in [0, 0.1) is 0 Å². The molecular weight excluding hydrogens is 356 g/mol. The molecule has 8 heteroatoms. The van der Waals surface area contributed by atoms with E-state index in [4.69, 9.17) is 18.9 Å². The van der Waals surface area contributed by atoms with Gasteiger partial charge in [0.1, 0.15) is 19.8 Å². The van der Waals surface area contributed by atoms with Gasteiger partial charge in [-0.1, -0.05) is 23.5 Å². The molecule has 2 aliphatic rings. The Balaban J connectivity index is 1.35. The number of para-hydroxylation sites is 2. The van der Waals surface area contributed by atoms with Crippen molar-refractivity contribution >= 4 is 32.6 Å². The number of thiazole rings is 1. The summed E-state index contributed by atoms with van der Waals surface area (Å²) in [5.41, 5.74) is 0.751. The molecule has 0 saturated carbocycles. The van der Waals surface area contributed by atoms with Crippen LogP contribution in [0.3, 0.4) is 0 Å². The second kappa shape index (κ2) is 6.06. The van der Waals surface area contributed by atoms with Crippen LogP contribution in [0.4, 0.5) is 5.13 Å². The number of benzene rings is 2. The maximum atomic E-state index is 12.5. The Morgan fingerprint density at radius 1 is 1.04 bits per heavy atom. The number of carbonyl (C=O) groups excluding carboxylic acids is 1. The van der Waals surface area contributed by atoms with Crippen LogP contribution in [0.5, 0.6) is 23.0 Å². The molecule has 132 valence electrons. The standard InChI is InChI=1S/C18H14N2O5S/c21-17(15-9-24-11-3-1-2-4-12(11)25-15)20-18-19-10-7-13-14(8-16(10)26-18)23-6-5-22-13/h1-4,7-8,15H,5-6,9H2,(H,19,20,21). The number of aromatic nitrogens is 1. The highest BCUT2D eigenvalue weighted by Crippen LogP contribution is 2.38. The molecule has 0 bridgehead atoms. The average molecular weight is 370 g/mol. The van der Waals surface area contributed by atoms with Gasteiger partial charge in [0.25, 0.3) is 5.91 Å². The van der Waals surface area contributed by atoms with Crippen molar-refractivity contribution in [2.75, 3.05) is 25.1 Å². The van der Waals surface area contributed by atoms with E-state index < -0.39 is 6.10 Å². The lowest BCUT2D eigenvalue weighted by atomic mass is 10.2. The number of ether oxygens (including phenoxy) is 4. The Hall–Kier alpha value is -3.00. The number of hydrogen-bond donors (Lipinski definition) is 1. The van der Waals surface area contributed by atoms with E-state index in [0.29, 0.717) is 41.3 Å². The maximum Gasteiger partial charge on any atom is 0.270 e. The van der Waals surface area contributed by atoms with Gasteiger partial charge >= 0.3 is 0 Å². The minimum atomic E-state index is -0.725. The average Bonchev–Trinajstić information content (AvgIpc) is 3.06. The van der Waals surface area contributed by atoms with Crippen molar-refractivity contribution in [3.63, 3.8) is 0 Å². The smallest absolute Gasteiger partial charge is 0.270 e. The van der Waals surface area contributed by atoms with Crippen LogP contribution < -0.4 is 24.3 Å². The van der Waals surface area contributed by atoms with Gasteiger partial charge in [0, 0.05) is 12.1 Å². The normalized spacial score (nSPS) is 17.8. The number of anilines is 1. The van der Waals surface area contributed by atoms with Crippen LogP contribution in [0.2, 0.25) is 0 Å². The number of carbonyl (C=O) groups is 1. The van der Waals surface area contributed by atoms with Crippen molar-refractivity contribution in [3.8, 4) is 23.0 Å². The van der Waals surface area contributed by atoms with Gasteiger partial charge in [-0.25, -0.2) is 4.98 Å². The van der Waals surface area contributed by atoms with E-state index in [9.17, 15) is 4.79 Å². The Morgan fingerprint density at radius 2 is 1.81 bits per heavy atom. The molecular formula is C18H14N2O5S. The number of nitrogens with zero attached hydrogens (tertiary/aromatic N) is 1. The van der Waals surface area contributed by atoms with E-state index in [1.54, 1.807) is 6.07 Å². The minimum Gasteiger partial charge on any atom is -0.486 e. The summed E-state index contributed by atoms with van der Waals surface area (Å²) in [7, 11) is 0. The van der Waals surface area contributed by atoms with Crippen LogP contribution in [-0.4, -0.2) is 36.8 Å². The highest BCUT2D eigenvalue weighted by atomic mass is 32.1. The maximum absolute atomic E-state index is 12.5. The topological polar surface area (TPSA) is 78.9 Å². The van der Waals surface area contributed by atoms with Crippen molar-refractivity contribution in [2.45, 2.75) is 6.10 Å². The second-order valence-electron chi connectivity index (χ2n) is 5.84. The summed E-state index contributed by atoms with van der Waals surface area (Å²) in [4.78, 5) is 17.0. The number of rotatable bonds is 2. The molecule has 0 saturated heterocycles. The third kappa shape index (κ3) is 2.68. The van der Waals surface area contributed by atoms with Crippen LogP contribution in [-0.2, 0) is 4.79 Å². The highest BCUT2D eigenvalue weighted by molar-refractivity contribution is 7.22. The van der Waals surface area contributed by atoms with E-state index in [1.165, 1.54) is 11.3 Å². The Kier molecular flexibility index (Phi) is 3.56. The Labute approximate surface area is 152 Å². The second-order valence-corrected chi connectivity index (χ2v) is 6.87. The Morgan fingerprint density at radius 3 is 2.65 bits per heavy atom. The van der Waals surface area contributed by atoms with Crippen molar-refractivity contribution in [3.05, 3.63) is 36.4 Å². The third-order valence-corrected chi connectivity index (χ3v) is 5.02. The molecule has 0 aliphatic carbocycles. The van der Waals surface area contributed by atoms with Gasteiger partial charge in [-0.15, -0.1) is 0 Å². The SMILES string of the molecule is O=C(Nc1nc2cc3c(cc2s1)OCCO3)C1COc2ccccc2O1. The number of amides is 1. The first-order valence-electron chi connectivity index (χ1n) is 8.16. The molecule has 0 fully saturated rings. The summed E-state index contributed by atoms with van der Waals surface area (Å²) in [5.74, 6) is 2.28. The fraction of sp³-hybridized carbons (Fsp3) is 0.222. The molecule has 1 aromatic heterocycles. The molecule has 1 N–H and O–H groups in total. The summed E-state index contributed by atoms with van der Waals surface area (Å²) < 4.78 is 23.4. The largest absolute Gasteiger partial charge is 0.486 e. The fourth-order valence-corrected chi connectivity index (χ4v) is 3.73. The molecule has 1 unspecified atom stereocenters. The fourth-order valence-electron chi connectivity index (χ4n) is 2.85. The van der Waals surface area contributed by atoms with Gasteiger partial charge in [0.05, 0.1) is 10.2 Å². The molecule has 5 rings (SSSR count). The van der Waals surface area contributed by atoms with Crippen molar-refractivity contribution < 1.29 is 23.7 Å². The molecule has 7 nitrogen and oxygen atoms in total. The summed E-state index contributed by atoms with van der Waals surface area (Å²) in [6.45, 7) is 1.21. The van der Waals surface area contributed by atoms with Crippen LogP contribution in [0.1, 0.15) is 0 Å². The zero-order valence-electron chi connectivity index (χ0n) is 13.6. The molecule has 1 atom stereocenters. The first-order chi connectivity index (χ1) is 12.8. The lowest BCUT2D eigenvalue weighted by molar-refractivity contribution is -0.125. The molecule has 2 aliphatic heterocycles.